The van der Waals surface area contributed by atoms with Gasteiger partial charge in [-0.25, -0.2) is 9.59 Å². The van der Waals surface area contributed by atoms with E-state index in [0.29, 0.717) is 6.42 Å². The fourth-order valence-corrected chi connectivity index (χ4v) is 4.64. The Kier molecular flexibility index (Phi) is 9.16. The topological polar surface area (TPSA) is 118 Å². The fourth-order valence-electron chi connectivity index (χ4n) is 4.64. The van der Waals surface area contributed by atoms with Gasteiger partial charge in [0.05, 0.1) is 6.61 Å². The SMILES string of the molecule is [N-]=[N+]=CC(=O)CC[C@H](NC(=O)OCC1c2ccccc2-c2ccccc21)C(=O)OCCCc1ccccc1. The highest BCUT2D eigenvalue weighted by Crippen LogP contribution is 2.44. The second-order valence-electron chi connectivity index (χ2n) is 9.03. The number of amides is 1. The molecule has 194 valence electrons. The second kappa shape index (κ2) is 13.1. The molecule has 38 heavy (non-hydrogen) atoms. The average molecular weight is 512 g/mol. The number of carbonyl (C=O) groups is 3. The molecule has 0 spiro atoms. The molecule has 0 radical (unpaired) electrons. The summed E-state index contributed by atoms with van der Waals surface area (Å²) in [6, 6.07) is 24.7. The largest absolute Gasteiger partial charge is 0.464 e. The van der Waals surface area contributed by atoms with Crippen LogP contribution < -0.4 is 5.32 Å². The van der Waals surface area contributed by atoms with E-state index in [-0.39, 0.29) is 32.0 Å². The van der Waals surface area contributed by atoms with Gasteiger partial charge in [0.25, 0.3) is 0 Å². The third kappa shape index (κ3) is 6.81. The van der Waals surface area contributed by atoms with Crippen LogP contribution in [-0.4, -0.2) is 48.1 Å². The maximum absolute atomic E-state index is 12.8. The summed E-state index contributed by atoms with van der Waals surface area (Å²) in [6.45, 7) is 0.261. The third-order valence-electron chi connectivity index (χ3n) is 6.50. The molecule has 0 fully saturated rings. The number of Topliss-reactive ketones (excluding diaryl/α,β-unsaturated/α-hetero) is 1. The first-order chi connectivity index (χ1) is 18.6. The zero-order chi connectivity index (χ0) is 26.7. The molecule has 0 saturated heterocycles. The van der Waals surface area contributed by atoms with Crippen LogP contribution in [0, 0.1) is 0 Å². The number of ketones is 1. The van der Waals surface area contributed by atoms with Crippen LogP contribution >= 0.6 is 0 Å². The predicted molar refractivity (Wildman–Crippen MR) is 142 cm³/mol. The summed E-state index contributed by atoms with van der Waals surface area (Å²) in [4.78, 5) is 40.0. The van der Waals surface area contributed by atoms with Crippen molar-refractivity contribution in [3.63, 3.8) is 0 Å². The van der Waals surface area contributed by atoms with Crippen LogP contribution in [0.15, 0.2) is 78.9 Å². The molecular formula is C30H29N3O5. The molecule has 0 aromatic heterocycles. The number of rotatable bonds is 12. The summed E-state index contributed by atoms with van der Waals surface area (Å²) >= 11 is 0. The highest BCUT2D eigenvalue weighted by atomic mass is 16.6. The number of esters is 1. The lowest BCUT2D eigenvalue weighted by Gasteiger charge is -2.19. The lowest BCUT2D eigenvalue weighted by molar-refractivity contribution is -0.146. The number of ether oxygens (including phenoxy) is 2. The Morgan fingerprint density at radius 3 is 2.18 bits per heavy atom. The lowest BCUT2D eigenvalue weighted by atomic mass is 9.98. The van der Waals surface area contributed by atoms with Gasteiger partial charge in [-0.2, -0.15) is 4.79 Å². The molecule has 8 heteroatoms. The van der Waals surface area contributed by atoms with Crippen molar-refractivity contribution in [2.24, 2.45) is 0 Å². The van der Waals surface area contributed by atoms with E-state index in [9.17, 15) is 14.4 Å². The Hall–Kier alpha value is -4.55. The van der Waals surface area contributed by atoms with Gasteiger partial charge in [-0.15, -0.1) is 0 Å². The van der Waals surface area contributed by atoms with Gasteiger partial charge in [-0.1, -0.05) is 78.9 Å². The van der Waals surface area contributed by atoms with Gasteiger partial charge >= 0.3 is 18.3 Å². The van der Waals surface area contributed by atoms with Crippen molar-refractivity contribution in [1.82, 2.24) is 5.32 Å². The van der Waals surface area contributed by atoms with Crippen LogP contribution in [0.1, 0.15) is 41.9 Å². The van der Waals surface area contributed by atoms with Crippen LogP contribution in [-0.2, 0) is 25.5 Å². The van der Waals surface area contributed by atoms with Gasteiger partial charge in [0.2, 0.25) is 5.78 Å². The van der Waals surface area contributed by atoms with E-state index in [1.165, 1.54) is 0 Å². The number of fused-ring (bicyclic) bond motifs is 3. The van der Waals surface area contributed by atoms with E-state index < -0.39 is 23.9 Å². The molecule has 1 aliphatic rings. The number of nitrogens with zero attached hydrogens (tertiary/aromatic N) is 2. The minimum absolute atomic E-state index is 0.0213. The van der Waals surface area contributed by atoms with E-state index in [1.54, 1.807) is 0 Å². The average Bonchev–Trinajstić information content (AvgIpc) is 3.26. The molecule has 0 unspecified atom stereocenters. The minimum atomic E-state index is -1.08. The van der Waals surface area contributed by atoms with E-state index in [0.717, 1.165) is 40.5 Å². The van der Waals surface area contributed by atoms with E-state index >= 15 is 0 Å². The molecule has 1 N–H and O–H groups in total. The molecule has 0 aliphatic heterocycles. The Bertz CT molecular complexity index is 1290. The monoisotopic (exact) mass is 511 g/mol. The van der Waals surface area contributed by atoms with Crippen LogP contribution in [0.25, 0.3) is 16.7 Å². The van der Waals surface area contributed by atoms with Gasteiger partial charge < -0.3 is 20.3 Å². The fraction of sp³-hybridized carbons (Fsp3) is 0.267. The summed E-state index contributed by atoms with van der Waals surface area (Å²) in [6.07, 6.45) is 1.20. The maximum atomic E-state index is 12.8. The summed E-state index contributed by atoms with van der Waals surface area (Å²) in [7, 11) is 0. The quantitative estimate of drug-likeness (QED) is 0.124. The first kappa shape index (κ1) is 26.5. The number of carbonyl (C=O) groups excluding carboxylic acids is 3. The Morgan fingerprint density at radius 1 is 0.895 bits per heavy atom. The number of aryl methyl sites for hydroxylation is 1. The maximum Gasteiger partial charge on any atom is 0.407 e. The normalized spacial score (nSPS) is 12.4. The van der Waals surface area contributed by atoms with Crippen molar-refractivity contribution in [3.05, 3.63) is 101 Å². The third-order valence-corrected chi connectivity index (χ3v) is 6.50. The van der Waals surface area contributed by atoms with Crippen molar-refractivity contribution in [2.45, 2.75) is 37.6 Å². The summed E-state index contributed by atoms with van der Waals surface area (Å²) < 4.78 is 10.9. The molecular weight excluding hydrogens is 482 g/mol. The molecule has 4 rings (SSSR count). The molecule has 1 aliphatic carbocycles. The van der Waals surface area contributed by atoms with Crippen LogP contribution in [0.2, 0.25) is 0 Å². The summed E-state index contributed by atoms with van der Waals surface area (Å²) in [5.41, 5.74) is 14.1. The molecule has 3 aromatic carbocycles. The molecule has 1 atom stereocenters. The van der Waals surface area contributed by atoms with E-state index in [2.05, 4.69) is 10.1 Å². The van der Waals surface area contributed by atoms with Gasteiger partial charge in [-0.3, -0.25) is 4.79 Å². The van der Waals surface area contributed by atoms with Crippen molar-refractivity contribution in [1.29, 1.82) is 0 Å². The highest BCUT2D eigenvalue weighted by Gasteiger charge is 2.30. The molecule has 0 bridgehead atoms. The van der Waals surface area contributed by atoms with Crippen LogP contribution in [0.5, 0.6) is 0 Å². The van der Waals surface area contributed by atoms with Crippen LogP contribution in [0.4, 0.5) is 4.79 Å². The van der Waals surface area contributed by atoms with E-state index in [1.807, 2.05) is 78.9 Å². The molecule has 1 amide bonds. The Morgan fingerprint density at radius 2 is 1.53 bits per heavy atom. The number of hydrogen-bond donors (Lipinski definition) is 1. The lowest BCUT2D eigenvalue weighted by Crippen LogP contribution is -2.43. The van der Waals surface area contributed by atoms with Gasteiger partial charge in [0, 0.05) is 12.3 Å². The molecule has 3 aromatic rings. The number of nitrogens with one attached hydrogen (secondary N) is 1. The number of hydrogen-bond acceptors (Lipinski definition) is 5. The Labute approximate surface area is 221 Å². The van der Waals surface area contributed by atoms with Crippen molar-refractivity contribution >= 4 is 24.1 Å². The highest BCUT2D eigenvalue weighted by molar-refractivity contribution is 6.25. The van der Waals surface area contributed by atoms with Crippen molar-refractivity contribution in [3.8, 4) is 11.1 Å². The van der Waals surface area contributed by atoms with Crippen molar-refractivity contribution in [2.75, 3.05) is 13.2 Å². The first-order valence-corrected chi connectivity index (χ1v) is 12.6. The Balaban J connectivity index is 1.34. The minimum Gasteiger partial charge on any atom is -0.464 e. The first-order valence-electron chi connectivity index (χ1n) is 12.6. The zero-order valence-corrected chi connectivity index (χ0v) is 20.9. The molecule has 8 nitrogen and oxygen atoms in total. The van der Waals surface area contributed by atoms with Crippen molar-refractivity contribution < 1.29 is 28.6 Å². The number of alkyl carbamates (subject to hydrolysis) is 1. The number of benzene rings is 3. The van der Waals surface area contributed by atoms with Gasteiger partial charge in [0.1, 0.15) is 12.6 Å². The smallest absolute Gasteiger partial charge is 0.407 e. The second-order valence-corrected chi connectivity index (χ2v) is 9.03. The standard InChI is InChI=1S/C30H29N3O5/c31-32-19-22(34)16-17-28(29(35)37-18-8-11-21-9-2-1-3-10-21)33-30(36)38-20-27-25-14-6-4-12-23(25)24-13-5-7-15-26(24)27/h1-7,9-10,12-15,19,27-28H,8,11,16-18,20H2,(H,33,36)/t28-/m0/s1. The summed E-state index contributed by atoms with van der Waals surface area (Å²) in [5, 5.41) is 2.55. The molecule has 0 heterocycles. The summed E-state index contributed by atoms with van der Waals surface area (Å²) in [5.74, 6) is -1.26. The van der Waals surface area contributed by atoms with Gasteiger partial charge in [0.15, 0.2) is 0 Å². The predicted octanol–water partition coefficient (Wildman–Crippen LogP) is 4.72. The molecule has 0 saturated carbocycles. The van der Waals surface area contributed by atoms with Crippen LogP contribution in [0.3, 0.4) is 0 Å². The van der Waals surface area contributed by atoms with Gasteiger partial charge in [-0.05, 0) is 47.1 Å². The zero-order valence-electron chi connectivity index (χ0n) is 20.9. The van der Waals surface area contributed by atoms with E-state index in [4.69, 9.17) is 15.0 Å².